The number of benzene rings is 5. The number of fused-ring (bicyclic) bond motifs is 1. The molecule has 5 aromatic carbocycles. The zero-order valence-corrected chi connectivity index (χ0v) is 34.6. The second-order valence-corrected chi connectivity index (χ2v) is 16.1. The van der Waals surface area contributed by atoms with Gasteiger partial charge in [0, 0.05) is 88.8 Å². The summed E-state index contributed by atoms with van der Waals surface area (Å²) in [4.78, 5) is 62.3. The topological polar surface area (TPSA) is 187 Å². The van der Waals surface area contributed by atoms with Crippen molar-refractivity contribution in [1.82, 2.24) is 20.2 Å². The van der Waals surface area contributed by atoms with E-state index < -0.39 is 17.8 Å². The summed E-state index contributed by atoms with van der Waals surface area (Å²) < 4.78 is 14.9. The fourth-order valence-electron chi connectivity index (χ4n) is 8.09. The molecule has 7 N–H and O–H groups in total. The van der Waals surface area contributed by atoms with Gasteiger partial charge in [0.05, 0.1) is 6.20 Å². The average molecular weight is 865 g/mol. The van der Waals surface area contributed by atoms with Gasteiger partial charge in [-0.1, -0.05) is 35.9 Å². The quantitative estimate of drug-likeness (QED) is 0.0682. The number of hydrogen-bond acceptors (Lipinski definition) is 11. The first kappa shape index (κ1) is 41.0. The van der Waals surface area contributed by atoms with Crippen LogP contribution in [0, 0.1) is 5.82 Å². The van der Waals surface area contributed by atoms with Gasteiger partial charge in [-0.2, -0.15) is 4.98 Å². The number of nitrogens with two attached hydrogens (primary N) is 1. The molecule has 9 rings (SSSR count). The Kier molecular flexibility index (Phi) is 11.4. The smallest absolute Gasteiger partial charge is 0.255 e. The maximum atomic E-state index is 14.9. The van der Waals surface area contributed by atoms with Crippen LogP contribution in [0.5, 0.6) is 0 Å². The number of carbonyl (C=O) groups excluding carboxylic acids is 4. The highest BCUT2D eigenvalue weighted by Gasteiger charge is 2.34. The second-order valence-electron chi connectivity index (χ2n) is 15.7. The lowest BCUT2D eigenvalue weighted by molar-refractivity contribution is -0.133. The minimum Gasteiger partial charge on any atom is -0.374 e. The van der Waals surface area contributed by atoms with Gasteiger partial charge >= 0.3 is 0 Å². The first-order valence-corrected chi connectivity index (χ1v) is 20.9. The summed E-state index contributed by atoms with van der Waals surface area (Å²) in [5.41, 5.74) is 13.6. The Bertz CT molecular complexity index is 2750. The molecule has 1 unspecified atom stereocenters. The molecule has 14 nitrogen and oxygen atoms in total. The second kappa shape index (κ2) is 17.6. The molecule has 16 heteroatoms. The number of piperidine rings is 1. The maximum Gasteiger partial charge on any atom is 0.255 e. The highest BCUT2D eigenvalue weighted by atomic mass is 35.5. The predicted octanol–water partition coefficient (Wildman–Crippen LogP) is 7.24. The van der Waals surface area contributed by atoms with E-state index in [-0.39, 0.29) is 35.1 Å². The van der Waals surface area contributed by atoms with Crippen LogP contribution in [0.15, 0.2) is 115 Å². The van der Waals surface area contributed by atoms with Crippen molar-refractivity contribution in [1.29, 1.82) is 0 Å². The van der Waals surface area contributed by atoms with Gasteiger partial charge in [0.2, 0.25) is 23.7 Å². The van der Waals surface area contributed by atoms with Crippen LogP contribution in [-0.4, -0.2) is 70.2 Å². The third-order valence-corrected chi connectivity index (χ3v) is 11.9. The van der Waals surface area contributed by atoms with E-state index in [9.17, 15) is 23.6 Å². The van der Waals surface area contributed by atoms with Crippen LogP contribution in [-0.2, 0) is 22.6 Å². The summed E-state index contributed by atoms with van der Waals surface area (Å²) in [6, 6.07) is 32.8. The van der Waals surface area contributed by atoms with Crippen molar-refractivity contribution in [3.63, 3.8) is 0 Å². The number of aromatic nitrogens is 2. The van der Waals surface area contributed by atoms with Gasteiger partial charge < -0.3 is 31.9 Å². The van der Waals surface area contributed by atoms with Crippen molar-refractivity contribution < 1.29 is 23.6 Å². The van der Waals surface area contributed by atoms with Crippen LogP contribution in [0.4, 0.5) is 44.6 Å². The largest absolute Gasteiger partial charge is 0.374 e. The van der Waals surface area contributed by atoms with Crippen LogP contribution in [0.25, 0.3) is 11.1 Å². The number of hydrogen-bond donors (Lipinski definition) is 6. The summed E-state index contributed by atoms with van der Waals surface area (Å²) >= 11 is 6.42. The number of rotatable bonds is 12. The van der Waals surface area contributed by atoms with Crippen molar-refractivity contribution >= 4 is 75.4 Å². The molecule has 3 aliphatic heterocycles. The third kappa shape index (κ3) is 9.15. The van der Waals surface area contributed by atoms with Gasteiger partial charge in [-0.3, -0.25) is 29.4 Å². The average Bonchev–Trinajstić information content (AvgIpc) is 3.26. The number of primary amides is 1. The Hall–Kier alpha value is -7.36. The minimum atomic E-state index is -0.695. The van der Waals surface area contributed by atoms with E-state index in [1.54, 1.807) is 66.7 Å². The molecule has 2 saturated heterocycles. The van der Waals surface area contributed by atoms with Gasteiger partial charge in [-0.25, -0.2) is 9.37 Å². The first-order chi connectivity index (χ1) is 30.5. The lowest BCUT2D eigenvalue weighted by atomic mass is 9.95. The lowest BCUT2D eigenvalue weighted by Crippen LogP contribution is -2.60. The Morgan fingerprint density at radius 3 is 2.32 bits per heavy atom. The Labute approximate surface area is 367 Å². The zero-order chi connectivity index (χ0) is 43.6. The third-order valence-electron chi connectivity index (χ3n) is 11.6. The molecule has 0 radical (unpaired) electrons. The first-order valence-electron chi connectivity index (χ1n) is 20.5. The molecule has 2 fully saturated rings. The standard InChI is InChI=1S/C47H42ClFN10O4/c48-39-4-2-1-3-36(39)38-22-33(13-16-37(38)43(50)61)53-44-40(49)23-51-47(57-44)55-31-8-5-27(6-9-31)45(62)54-32-10-7-29-24-58(20-19-28(29)21-32)35-25-59(26-35)34-14-11-30(12-15-34)52-41-17-18-42(60)56-46(41)63/h1-16,21-23,35,41,52H,17-20,24-26H2,(H2,50,61)(H,54,62)(H,56,60,63)(H2,51,53,55,57). The predicted molar refractivity (Wildman–Crippen MR) is 241 cm³/mol. The van der Waals surface area contributed by atoms with Gasteiger partial charge in [0.25, 0.3) is 5.91 Å². The minimum absolute atomic E-state index is 0.102. The van der Waals surface area contributed by atoms with E-state index in [1.807, 2.05) is 18.2 Å². The molecule has 0 saturated carbocycles. The van der Waals surface area contributed by atoms with Crippen molar-refractivity contribution in [2.75, 3.05) is 45.8 Å². The molecule has 0 spiro atoms. The molecular formula is C47H42ClFN10O4. The molecule has 1 aromatic heterocycles. The number of nitrogens with zero attached hydrogens (tertiary/aromatic N) is 4. The SMILES string of the molecule is NC(=O)c1ccc(Nc2nc(Nc3ccc(C(=O)Nc4ccc5c(c4)CCN(C4CN(c6ccc(NC7CCC(=O)NC7=O)cc6)C4)C5)cc3)ncc2F)cc1-c1ccccc1Cl. The van der Waals surface area contributed by atoms with E-state index in [2.05, 4.69) is 70.6 Å². The Morgan fingerprint density at radius 2 is 1.56 bits per heavy atom. The molecule has 4 heterocycles. The summed E-state index contributed by atoms with van der Waals surface area (Å²) in [7, 11) is 0. The number of anilines is 7. The van der Waals surface area contributed by atoms with Gasteiger partial charge in [-0.05, 0) is 114 Å². The summed E-state index contributed by atoms with van der Waals surface area (Å²) in [5, 5.41) is 15.1. The highest BCUT2D eigenvalue weighted by molar-refractivity contribution is 6.33. The van der Waals surface area contributed by atoms with Crippen LogP contribution < -0.4 is 37.2 Å². The van der Waals surface area contributed by atoms with E-state index in [1.165, 1.54) is 11.1 Å². The van der Waals surface area contributed by atoms with E-state index >= 15 is 0 Å². The molecule has 3 aliphatic rings. The number of nitrogens with one attached hydrogen (secondary N) is 5. The maximum absolute atomic E-state index is 14.9. The van der Waals surface area contributed by atoms with E-state index in [0.29, 0.717) is 52.0 Å². The van der Waals surface area contributed by atoms with Gasteiger partial charge in [0.1, 0.15) is 6.04 Å². The van der Waals surface area contributed by atoms with Crippen molar-refractivity contribution in [2.24, 2.45) is 5.73 Å². The fraction of sp³-hybridized carbons (Fsp3) is 0.191. The zero-order valence-electron chi connectivity index (χ0n) is 33.8. The summed E-state index contributed by atoms with van der Waals surface area (Å²) in [5.74, 6) is -2.07. The van der Waals surface area contributed by atoms with Crippen LogP contribution in [0.2, 0.25) is 5.02 Å². The van der Waals surface area contributed by atoms with Crippen molar-refractivity contribution in [3.8, 4) is 11.1 Å². The van der Waals surface area contributed by atoms with Crippen LogP contribution in [0.1, 0.15) is 44.7 Å². The number of carbonyl (C=O) groups is 4. The fourth-order valence-corrected chi connectivity index (χ4v) is 8.33. The van der Waals surface area contributed by atoms with Gasteiger partial charge in [0.15, 0.2) is 11.6 Å². The van der Waals surface area contributed by atoms with E-state index in [4.69, 9.17) is 17.3 Å². The molecule has 6 aromatic rings. The van der Waals surface area contributed by atoms with Gasteiger partial charge in [-0.15, -0.1) is 0 Å². The lowest BCUT2D eigenvalue weighted by Gasteiger charge is -2.48. The number of halogens is 2. The molecular weight excluding hydrogens is 823 g/mol. The highest BCUT2D eigenvalue weighted by Crippen LogP contribution is 2.34. The Balaban J connectivity index is 0.768. The monoisotopic (exact) mass is 864 g/mol. The summed E-state index contributed by atoms with van der Waals surface area (Å²) in [6.07, 6.45) is 2.74. The Morgan fingerprint density at radius 1 is 0.810 bits per heavy atom. The molecule has 4 amide bonds. The molecule has 0 aliphatic carbocycles. The molecule has 63 heavy (non-hydrogen) atoms. The van der Waals surface area contributed by atoms with E-state index in [0.717, 1.165) is 55.9 Å². The normalized spacial score (nSPS) is 16.3. The number of amides is 4. The molecule has 1 atom stereocenters. The van der Waals surface area contributed by atoms with Crippen molar-refractivity contribution in [3.05, 3.63) is 148 Å². The van der Waals surface area contributed by atoms with Crippen LogP contribution >= 0.6 is 11.6 Å². The number of imide groups is 1. The van der Waals surface area contributed by atoms with Crippen molar-refractivity contribution in [2.45, 2.75) is 37.9 Å². The summed E-state index contributed by atoms with van der Waals surface area (Å²) in [6.45, 7) is 3.62. The molecule has 0 bridgehead atoms. The molecule has 318 valence electrons. The van der Waals surface area contributed by atoms with Crippen LogP contribution in [0.3, 0.4) is 0 Å².